The zero-order valence-corrected chi connectivity index (χ0v) is 14.3. The van der Waals surface area contributed by atoms with Crippen LogP contribution in [0.3, 0.4) is 0 Å². The predicted molar refractivity (Wildman–Crippen MR) is 86.7 cm³/mol. The van der Waals surface area contributed by atoms with Crippen LogP contribution in [0.15, 0.2) is 12.1 Å². The van der Waals surface area contributed by atoms with E-state index in [2.05, 4.69) is 0 Å². The van der Waals surface area contributed by atoms with Gasteiger partial charge >= 0.3 is 0 Å². The molecular weight excluding hydrogens is 369 g/mol. The molecule has 150 valence electrons. The van der Waals surface area contributed by atoms with Crippen molar-refractivity contribution in [3.63, 3.8) is 0 Å². The number of carbonyl (C=O) groups is 1. The van der Waals surface area contributed by atoms with Crippen LogP contribution in [0.1, 0.15) is 30.1 Å². The topological polar surface area (TPSA) is 160 Å². The van der Waals surface area contributed by atoms with E-state index >= 15 is 0 Å². The third-order valence-corrected chi connectivity index (χ3v) is 4.13. The Hall–Kier alpha value is -2.18. The molecule has 1 saturated heterocycles. The molecular formula is C16H20FNO9. The molecule has 4 N–H and O–H groups in total. The molecule has 1 aromatic carbocycles. The van der Waals surface area contributed by atoms with Crippen LogP contribution in [0.2, 0.25) is 0 Å². The summed E-state index contributed by atoms with van der Waals surface area (Å²) >= 11 is 0. The second kappa shape index (κ2) is 8.67. The minimum Gasteiger partial charge on any atom is -0.459 e. The fourth-order valence-electron chi connectivity index (χ4n) is 2.70. The summed E-state index contributed by atoms with van der Waals surface area (Å²) in [5.41, 5.74) is -1.49. The zero-order chi connectivity index (χ0) is 20.3. The van der Waals surface area contributed by atoms with Crippen LogP contribution in [-0.2, 0) is 4.74 Å². The lowest BCUT2D eigenvalue weighted by Gasteiger charge is -2.39. The van der Waals surface area contributed by atoms with Crippen LogP contribution in [0, 0.1) is 15.9 Å². The summed E-state index contributed by atoms with van der Waals surface area (Å²) in [5.74, 6) is -2.72. The molecule has 0 aliphatic carbocycles. The van der Waals surface area contributed by atoms with E-state index in [4.69, 9.17) is 14.6 Å². The Morgan fingerprint density at radius 2 is 1.96 bits per heavy atom. The molecule has 10 nitrogen and oxygen atoms in total. The van der Waals surface area contributed by atoms with Crippen molar-refractivity contribution in [1.82, 2.24) is 0 Å². The minimum atomic E-state index is -1.80. The van der Waals surface area contributed by atoms with Gasteiger partial charge in [-0.15, -0.1) is 0 Å². The SMILES string of the molecule is CCCC(=O)c1c([N+](=O)[O-])ccc(O[C@@H]2O[C@H](CO)[C@@H](O)[C@H](O)[C@H]2O)c1F. The highest BCUT2D eigenvalue weighted by molar-refractivity contribution is 6.00. The highest BCUT2D eigenvalue weighted by Crippen LogP contribution is 2.32. The molecule has 0 radical (unpaired) electrons. The Kier molecular flexibility index (Phi) is 6.78. The van der Waals surface area contributed by atoms with Gasteiger partial charge in [0.25, 0.3) is 5.69 Å². The van der Waals surface area contributed by atoms with Crippen molar-refractivity contribution in [3.05, 3.63) is 33.6 Å². The third kappa shape index (κ3) is 4.22. The second-order valence-electron chi connectivity index (χ2n) is 6.02. The van der Waals surface area contributed by atoms with Gasteiger partial charge in [0.15, 0.2) is 17.3 Å². The summed E-state index contributed by atoms with van der Waals surface area (Å²) in [4.78, 5) is 22.3. The maximum Gasteiger partial charge on any atom is 0.283 e. The minimum absolute atomic E-state index is 0.124. The number of rotatable bonds is 7. The number of halogens is 1. The number of nitrogens with zero attached hydrogens (tertiary/aromatic N) is 1. The summed E-state index contributed by atoms with van der Waals surface area (Å²) in [5, 5.41) is 49.6. The standard InChI is InChI=1S/C16H20FNO9/c1-2-3-8(20)11-7(18(24)25)4-5-9(12(11)17)26-16-15(23)14(22)13(21)10(6-19)27-16/h4-5,10,13-16,19,21-23H,2-3,6H2,1H3/t10-,13-,14+,15-,16-/m1/s1. The number of nitro groups is 1. The van der Waals surface area contributed by atoms with Crippen LogP contribution >= 0.6 is 0 Å². The van der Waals surface area contributed by atoms with Gasteiger partial charge in [-0.2, -0.15) is 0 Å². The maximum atomic E-state index is 14.8. The first kappa shape index (κ1) is 21.1. The smallest absolute Gasteiger partial charge is 0.283 e. The maximum absolute atomic E-state index is 14.8. The number of aliphatic hydroxyl groups is 4. The van der Waals surface area contributed by atoms with Gasteiger partial charge in [-0.3, -0.25) is 14.9 Å². The van der Waals surface area contributed by atoms with E-state index in [1.165, 1.54) is 0 Å². The molecule has 0 amide bonds. The van der Waals surface area contributed by atoms with Crippen molar-refractivity contribution in [2.45, 2.75) is 50.5 Å². The Balaban J connectivity index is 2.37. The lowest BCUT2D eigenvalue weighted by Crippen LogP contribution is -2.60. The number of nitro benzene ring substituents is 1. The average Bonchev–Trinajstić information content (AvgIpc) is 2.63. The van der Waals surface area contributed by atoms with Crippen molar-refractivity contribution in [2.75, 3.05) is 6.61 Å². The van der Waals surface area contributed by atoms with Crippen LogP contribution < -0.4 is 4.74 Å². The van der Waals surface area contributed by atoms with Crippen LogP contribution in [0.5, 0.6) is 5.75 Å². The first-order valence-corrected chi connectivity index (χ1v) is 8.20. The van der Waals surface area contributed by atoms with E-state index in [9.17, 15) is 34.6 Å². The number of Topliss-reactive ketones (excluding diaryl/α,β-unsaturated/α-hetero) is 1. The van der Waals surface area contributed by atoms with Crippen LogP contribution in [0.4, 0.5) is 10.1 Å². The van der Waals surface area contributed by atoms with E-state index in [0.29, 0.717) is 6.42 Å². The summed E-state index contributed by atoms with van der Waals surface area (Å²) in [6.45, 7) is 0.934. The average molecular weight is 389 g/mol. The monoisotopic (exact) mass is 389 g/mol. The van der Waals surface area contributed by atoms with Gasteiger partial charge in [0.1, 0.15) is 30.0 Å². The highest BCUT2D eigenvalue weighted by Gasteiger charge is 2.45. The van der Waals surface area contributed by atoms with Crippen molar-refractivity contribution in [3.8, 4) is 5.75 Å². The molecule has 1 heterocycles. The van der Waals surface area contributed by atoms with Crippen molar-refractivity contribution in [2.24, 2.45) is 0 Å². The summed E-state index contributed by atoms with van der Waals surface area (Å²) in [6.07, 6.45) is -7.93. The molecule has 0 saturated carbocycles. The second-order valence-corrected chi connectivity index (χ2v) is 6.02. The molecule has 1 aliphatic heterocycles. The van der Waals surface area contributed by atoms with Gasteiger partial charge < -0.3 is 29.9 Å². The summed E-state index contributed by atoms with van der Waals surface area (Å²) in [7, 11) is 0. The number of ketones is 1. The van der Waals surface area contributed by atoms with Gasteiger partial charge in [0.05, 0.1) is 11.5 Å². The number of carbonyl (C=O) groups excluding carboxylic acids is 1. The molecule has 0 bridgehead atoms. The normalized spacial score (nSPS) is 28.0. The number of ether oxygens (including phenoxy) is 2. The molecule has 2 rings (SSSR count). The van der Waals surface area contributed by atoms with Gasteiger partial charge in [-0.1, -0.05) is 6.92 Å². The number of aliphatic hydroxyl groups excluding tert-OH is 4. The lowest BCUT2D eigenvalue weighted by atomic mass is 9.99. The lowest BCUT2D eigenvalue weighted by molar-refractivity contribution is -0.385. The van der Waals surface area contributed by atoms with E-state index in [1.54, 1.807) is 6.92 Å². The summed E-state index contributed by atoms with van der Waals surface area (Å²) < 4.78 is 25.0. The zero-order valence-electron chi connectivity index (χ0n) is 14.3. The largest absolute Gasteiger partial charge is 0.459 e. The molecule has 27 heavy (non-hydrogen) atoms. The van der Waals surface area contributed by atoms with E-state index < -0.39 is 70.8 Å². The molecule has 1 fully saturated rings. The summed E-state index contributed by atoms with van der Waals surface area (Å²) in [6, 6.07) is 1.77. The van der Waals surface area contributed by atoms with Crippen LogP contribution in [0.25, 0.3) is 0 Å². The highest BCUT2D eigenvalue weighted by atomic mass is 19.1. The Labute approximate surface area is 152 Å². The first-order valence-electron chi connectivity index (χ1n) is 8.20. The Morgan fingerprint density at radius 3 is 2.52 bits per heavy atom. The quantitative estimate of drug-likeness (QED) is 0.283. The van der Waals surface area contributed by atoms with E-state index in [1.807, 2.05) is 0 Å². The Morgan fingerprint density at radius 1 is 1.30 bits per heavy atom. The number of hydrogen-bond donors (Lipinski definition) is 4. The van der Waals surface area contributed by atoms with Crippen molar-refractivity contribution in [1.29, 1.82) is 0 Å². The fraction of sp³-hybridized carbons (Fsp3) is 0.562. The number of benzene rings is 1. The van der Waals surface area contributed by atoms with Crippen molar-refractivity contribution < 1.29 is 44.0 Å². The fourth-order valence-corrected chi connectivity index (χ4v) is 2.70. The predicted octanol–water partition coefficient (Wildman–Crippen LogP) is -0.105. The molecule has 0 unspecified atom stereocenters. The third-order valence-electron chi connectivity index (χ3n) is 4.13. The molecule has 5 atom stereocenters. The Bertz CT molecular complexity index is 711. The molecule has 1 aromatic rings. The van der Waals surface area contributed by atoms with E-state index in [-0.39, 0.29) is 6.42 Å². The van der Waals surface area contributed by atoms with Crippen LogP contribution in [-0.4, -0.2) is 68.4 Å². The van der Waals surface area contributed by atoms with Gasteiger partial charge in [0, 0.05) is 12.5 Å². The molecule has 0 aromatic heterocycles. The van der Waals surface area contributed by atoms with Gasteiger partial charge in [0.2, 0.25) is 6.29 Å². The van der Waals surface area contributed by atoms with E-state index in [0.717, 1.165) is 12.1 Å². The molecule has 1 aliphatic rings. The molecule has 11 heteroatoms. The number of hydrogen-bond acceptors (Lipinski definition) is 9. The van der Waals surface area contributed by atoms with Gasteiger partial charge in [-0.05, 0) is 12.5 Å². The first-order chi connectivity index (χ1) is 12.7. The van der Waals surface area contributed by atoms with Crippen molar-refractivity contribution >= 4 is 11.5 Å². The molecule has 0 spiro atoms. The van der Waals surface area contributed by atoms with Gasteiger partial charge in [-0.25, -0.2) is 4.39 Å².